The van der Waals surface area contributed by atoms with Gasteiger partial charge in [-0.05, 0) is 55.5 Å². The molecule has 3 N–H and O–H groups in total. The molecule has 0 fully saturated rings. The first-order chi connectivity index (χ1) is 14.7. The Labute approximate surface area is 181 Å². The molecule has 0 unspecified atom stereocenters. The smallest absolute Gasteiger partial charge is 0.340 e. The Morgan fingerprint density at radius 1 is 1.03 bits per heavy atom. The highest BCUT2D eigenvalue weighted by Gasteiger charge is 2.20. The molecular formula is C23H22N2O5S. The second-order valence-electron chi connectivity index (χ2n) is 6.71. The van der Waals surface area contributed by atoms with Gasteiger partial charge in [-0.1, -0.05) is 30.4 Å². The lowest BCUT2D eigenvalue weighted by molar-refractivity contribution is 0.0601. The van der Waals surface area contributed by atoms with Gasteiger partial charge in [0.25, 0.3) is 10.0 Å². The van der Waals surface area contributed by atoms with Gasteiger partial charge in [-0.2, -0.15) is 0 Å². The lowest BCUT2D eigenvalue weighted by atomic mass is 10.1. The van der Waals surface area contributed by atoms with Crippen LogP contribution in [-0.2, 0) is 14.8 Å². The number of carbonyl (C=O) groups excluding carboxylic acids is 1. The van der Waals surface area contributed by atoms with Crippen LogP contribution < -0.4 is 15.2 Å². The van der Waals surface area contributed by atoms with E-state index in [0.717, 1.165) is 5.56 Å². The number of nitrogen functional groups attached to an aromatic ring is 1. The number of ether oxygens (including phenoxy) is 2. The van der Waals surface area contributed by atoms with Crippen molar-refractivity contribution in [2.24, 2.45) is 0 Å². The number of esters is 1. The highest BCUT2D eigenvalue weighted by molar-refractivity contribution is 7.92. The van der Waals surface area contributed by atoms with Gasteiger partial charge in [0.1, 0.15) is 11.5 Å². The molecule has 31 heavy (non-hydrogen) atoms. The summed E-state index contributed by atoms with van der Waals surface area (Å²) < 4.78 is 38.5. The second-order valence-corrected chi connectivity index (χ2v) is 8.40. The summed E-state index contributed by atoms with van der Waals surface area (Å²) in [6.07, 6.45) is 1.60. The van der Waals surface area contributed by atoms with Crippen LogP contribution in [-0.4, -0.2) is 21.5 Å². The number of nitrogens with one attached hydrogen (secondary N) is 1. The van der Waals surface area contributed by atoms with Gasteiger partial charge >= 0.3 is 5.97 Å². The minimum Gasteiger partial charge on any atom is -0.465 e. The Balaban J connectivity index is 1.94. The van der Waals surface area contributed by atoms with Gasteiger partial charge in [-0.3, -0.25) is 4.72 Å². The van der Waals surface area contributed by atoms with E-state index in [4.69, 9.17) is 15.2 Å². The van der Waals surface area contributed by atoms with Crippen molar-refractivity contribution < 1.29 is 22.7 Å². The molecule has 3 aromatic carbocycles. The molecule has 160 valence electrons. The fourth-order valence-electron chi connectivity index (χ4n) is 2.80. The third kappa shape index (κ3) is 5.04. The minimum atomic E-state index is -3.90. The minimum absolute atomic E-state index is 0.00933. The highest BCUT2D eigenvalue weighted by atomic mass is 32.2. The maximum absolute atomic E-state index is 12.7. The second kappa shape index (κ2) is 8.93. The molecule has 0 heterocycles. The summed E-state index contributed by atoms with van der Waals surface area (Å²) in [6, 6.07) is 15.8. The monoisotopic (exact) mass is 438 g/mol. The molecule has 3 rings (SSSR count). The number of hydrogen-bond donors (Lipinski definition) is 2. The third-order valence-corrected chi connectivity index (χ3v) is 5.87. The van der Waals surface area contributed by atoms with Crippen molar-refractivity contribution in [2.45, 2.75) is 11.8 Å². The summed E-state index contributed by atoms with van der Waals surface area (Å²) in [5.41, 5.74) is 8.12. The van der Waals surface area contributed by atoms with Gasteiger partial charge in [0, 0.05) is 11.3 Å². The summed E-state index contributed by atoms with van der Waals surface area (Å²) in [5.74, 6) is 0.0857. The molecule has 0 spiro atoms. The molecule has 0 aliphatic carbocycles. The van der Waals surface area contributed by atoms with Crippen LogP contribution in [0.4, 0.5) is 11.4 Å². The first kappa shape index (κ1) is 21.9. The van der Waals surface area contributed by atoms with E-state index < -0.39 is 16.0 Å². The number of benzene rings is 3. The number of rotatable bonds is 7. The maximum Gasteiger partial charge on any atom is 0.340 e. The number of carbonyl (C=O) groups is 1. The predicted molar refractivity (Wildman–Crippen MR) is 121 cm³/mol. The molecule has 0 atom stereocenters. The summed E-state index contributed by atoms with van der Waals surface area (Å²) >= 11 is 0. The molecule has 0 amide bonds. The van der Waals surface area contributed by atoms with Crippen molar-refractivity contribution in [1.82, 2.24) is 0 Å². The molecule has 0 aliphatic heterocycles. The number of hydrogen-bond acceptors (Lipinski definition) is 6. The Morgan fingerprint density at radius 2 is 1.68 bits per heavy atom. The molecule has 0 saturated carbocycles. The number of anilines is 2. The van der Waals surface area contributed by atoms with Crippen molar-refractivity contribution in [3.05, 3.63) is 83.9 Å². The molecular weight excluding hydrogens is 416 g/mol. The zero-order valence-corrected chi connectivity index (χ0v) is 17.9. The quantitative estimate of drug-likeness (QED) is 0.412. The van der Waals surface area contributed by atoms with Gasteiger partial charge in [-0.15, -0.1) is 0 Å². The van der Waals surface area contributed by atoms with Crippen molar-refractivity contribution in [1.29, 1.82) is 0 Å². The maximum atomic E-state index is 12.7. The van der Waals surface area contributed by atoms with Crippen LogP contribution in [0, 0.1) is 6.92 Å². The first-order valence-electron chi connectivity index (χ1n) is 9.25. The third-order valence-electron chi connectivity index (χ3n) is 4.49. The van der Waals surface area contributed by atoms with Crippen LogP contribution in [0.25, 0.3) is 6.08 Å². The Hall–Kier alpha value is -3.78. The Kier molecular flexibility index (Phi) is 6.31. The van der Waals surface area contributed by atoms with Crippen LogP contribution in [0.5, 0.6) is 11.5 Å². The molecule has 0 saturated heterocycles. The van der Waals surface area contributed by atoms with Crippen LogP contribution in [0.3, 0.4) is 0 Å². The van der Waals surface area contributed by atoms with Crippen LogP contribution >= 0.6 is 0 Å². The van der Waals surface area contributed by atoms with E-state index in [1.165, 1.54) is 31.4 Å². The van der Waals surface area contributed by atoms with Crippen LogP contribution in [0.1, 0.15) is 21.5 Å². The van der Waals surface area contributed by atoms with Crippen molar-refractivity contribution in [2.75, 3.05) is 17.6 Å². The van der Waals surface area contributed by atoms with Gasteiger partial charge in [-0.25, -0.2) is 13.2 Å². The summed E-state index contributed by atoms with van der Waals surface area (Å²) in [5, 5.41) is 0. The van der Waals surface area contributed by atoms with Gasteiger partial charge < -0.3 is 15.2 Å². The molecule has 8 heteroatoms. The first-order valence-corrected chi connectivity index (χ1v) is 10.7. The molecule has 3 aromatic rings. The normalized spacial score (nSPS) is 10.9. The largest absolute Gasteiger partial charge is 0.465 e. The van der Waals surface area contributed by atoms with Crippen molar-refractivity contribution >= 4 is 33.4 Å². The topological polar surface area (TPSA) is 108 Å². The van der Waals surface area contributed by atoms with E-state index in [0.29, 0.717) is 22.7 Å². The summed E-state index contributed by atoms with van der Waals surface area (Å²) in [6.45, 7) is 5.56. The number of nitrogens with two attached hydrogens (primary N) is 1. The Morgan fingerprint density at radius 3 is 2.32 bits per heavy atom. The predicted octanol–water partition coefficient (Wildman–Crippen LogP) is 4.60. The van der Waals surface area contributed by atoms with E-state index >= 15 is 0 Å². The average Bonchev–Trinajstić information content (AvgIpc) is 2.75. The highest BCUT2D eigenvalue weighted by Crippen LogP contribution is 2.30. The fraction of sp³-hybridized carbons (Fsp3) is 0.0870. The average molecular weight is 439 g/mol. The molecule has 0 radical (unpaired) electrons. The zero-order valence-electron chi connectivity index (χ0n) is 17.1. The van der Waals surface area contributed by atoms with Crippen molar-refractivity contribution in [3.63, 3.8) is 0 Å². The van der Waals surface area contributed by atoms with Gasteiger partial charge in [0.15, 0.2) is 0 Å². The van der Waals surface area contributed by atoms with Crippen LogP contribution in [0.2, 0.25) is 0 Å². The standard InChI is InChI=1S/C23H22N2O5S/c1-4-16-13-17(7-11-21(16)24)30-18-8-12-22(20(14-18)23(26)29-3)25-31(27,28)19-9-5-15(2)6-10-19/h4-14,25H,1,24H2,2-3H3. The van der Waals surface area contributed by atoms with Crippen molar-refractivity contribution in [3.8, 4) is 11.5 Å². The Bertz CT molecular complexity index is 1240. The van der Waals surface area contributed by atoms with E-state index in [1.807, 2.05) is 6.92 Å². The number of sulfonamides is 1. The van der Waals surface area contributed by atoms with E-state index in [2.05, 4.69) is 11.3 Å². The molecule has 0 bridgehead atoms. The molecule has 7 nitrogen and oxygen atoms in total. The fourth-order valence-corrected chi connectivity index (χ4v) is 3.88. The van der Waals surface area contributed by atoms with E-state index in [1.54, 1.807) is 42.5 Å². The lowest BCUT2D eigenvalue weighted by Gasteiger charge is -2.14. The summed E-state index contributed by atoms with van der Waals surface area (Å²) in [4.78, 5) is 12.4. The SMILES string of the molecule is C=Cc1cc(Oc2ccc(NS(=O)(=O)c3ccc(C)cc3)c(C(=O)OC)c2)ccc1N. The zero-order chi connectivity index (χ0) is 22.6. The number of aryl methyl sites for hydroxylation is 1. The van der Waals surface area contributed by atoms with Gasteiger partial charge in [0.2, 0.25) is 0 Å². The molecule has 0 aromatic heterocycles. The number of methoxy groups -OCH3 is 1. The van der Waals surface area contributed by atoms with E-state index in [9.17, 15) is 13.2 Å². The van der Waals surface area contributed by atoms with Crippen LogP contribution in [0.15, 0.2) is 72.1 Å². The van der Waals surface area contributed by atoms with Gasteiger partial charge in [0.05, 0.1) is 23.3 Å². The van der Waals surface area contributed by atoms with E-state index in [-0.39, 0.29) is 16.1 Å². The lowest BCUT2D eigenvalue weighted by Crippen LogP contribution is -2.16. The molecule has 0 aliphatic rings. The summed E-state index contributed by atoms with van der Waals surface area (Å²) in [7, 11) is -2.69.